The number of carbonyl (C=O) groups is 1. The molecule has 1 saturated carbocycles. The van der Waals surface area contributed by atoms with E-state index in [1.807, 2.05) is 7.05 Å². The molecule has 0 unspecified atom stereocenters. The average molecular weight is 182 g/mol. The van der Waals surface area contributed by atoms with Crippen molar-refractivity contribution in [2.24, 2.45) is 0 Å². The van der Waals surface area contributed by atoms with Gasteiger partial charge in [0.15, 0.2) is 0 Å². The highest BCUT2D eigenvalue weighted by Gasteiger charge is 2.40. The third kappa shape index (κ3) is 1.70. The Morgan fingerprint density at radius 1 is 1.38 bits per heavy atom. The lowest BCUT2D eigenvalue weighted by Gasteiger charge is -2.36. The summed E-state index contributed by atoms with van der Waals surface area (Å²) in [5, 5.41) is 6.46. The maximum Gasteiger partial charge on any atom is 0.220 e. The molecule has 0 aromatic carbocycles. The Morgan fingerprint density at radius 2 is 2.08 bits per heavy atom. The zero-order valence-corrected chi connectivity index (χ0v) is 8.23. The van der Waals surface area contributed by atoms with Gasteiger partial charge in [0.25, 0.3) is 0 Å². The Morgan fingerprint density at radius 3 is 2.54 bits per heavy atom. The van der Waals surface area contributed by atoms with Gasteiger partial charge in [-0.25, -0.2) is 0 Å². The van der Waals surface area contributed by atoms with Gasteiger partial charge in [0.2, 0.25) is 5.91 Å². The van der Waals surface area contributed by atoms with Crippen LogP contribution in [0.2, 0.25) is 0 Å². The van der Waals surface area contributed by atoms with Crippen LogP contribution in [0.25, 0.3) is 0 Å². The van der Waals surface area contributed by atoms with Gasteiger partial charge in [-0.1, -0.05) is 0 Å². The van der Waals surface area contributed by atoms with Crippen molar-refractivity contribution in [3.63, 3.8) is 0 Å². The van der Waals surface area contributed by atoms with E-state index in [0.717, 1.165) is 25.7 Å². The molecule has 1 heterocycles. The number of nitrogens with one attached hydrogen (secondary N) is 2. The lowest BCUT2D eigenvalue weighted by Crippen LogP contribution is -2.47. The highest BCUT2D eigenvalue weighted by atomic mass is 16.2. The van der Waals surface area contributed by atoms with Crippen LogP contribution in [-0.4, -0.2) is 24.5 Å². The summed E-state index contributed by atoms with van der Waals surface area (Å²) in [6.07, 6.45) is 6.52. The molecule has 2 rings (SSSR count). The molecule has 0 atom stereocenters. The van der Waals surface area contributed by atoms with E-state index in [2.05, 4.69) is 10.6 Å². The van der Waals surface area contributed by atoms with Crippen molar-refractivity contribution in [3.05, 3.63) is 0 Å². The van der Waals surface area contributed by atoms with E-state index in [4.69, 9.17) is 0 Å². The third-order valence-electron chi connectivity index (χ3n) is 3.59. The first-order chi connectivity index (χ1) is 6.24. The van der Waals surface area contributed by atoms with Gasteiger partial charge in [-0.2, -0.15) is 0 Å². The fraction of sp³-hybridized carbons (Fsp3) is 0.900. The fourth-order valence-electron chi connectivity index (χ4n) is 2.61. The molecule has 2 aliphatic rings. The molecule has 0 aromatic rings. The molecule has 13 heavy (non-hydrogen) atoms. The topological polar surface area (TPSA) is 41.1 Å². The summed E-state index contributed by atoms with van der Waals surface area (Å²) >= 11 is 0. The SMILES string of the molecule is CNC1CCC2(CCC(=O)N2)CC1. The molecule has 0 radical (unpaired) electrons. The fourth-order valence-corrected chi connectivity index (χ4v) is 2.61. The molecule has 74 valence electrons. The maximum atomic E-state index is 11.1. The van der Waals surface area contributed by atoms with Crippen LogP contribution < -0.4 is 10.6 Å². The van der Waals surface area contributed by atoms with E-state index >= 15 is 0 Å². The van der Waals surface area contributed by atoms with Crippen LogP contribution in [0, 0.1) is 0 Å². The number of rotatable bonds is 1. The molecule has 1 spiro atoms. The van der Waals surface area contributed by atoms with Crippen LogP contribution in [0.4, 0.5) is 0 Å². The molecule has 1 saturated heterocycles. The van der Waals surface area contributed by atoms with Crippen LogP contribution in [-0.2, 0) is 4.79 Å². The predicted octanol–water partition coefficient (Wildman–Crippen LogP) is 0.797. The second-order valence-electron chi connectivity index (χ2n) is 4.39. The zero-order chi connectivity index (χ0) is 9.31. The predicted molar refractivity (Wildman–Crippen MR) is 51.4 cm³/mol. The maximum absolute atomic E-state index is 11.1. The summed E-state index contributed by atoms with van der Waals surface area (Å²) in [4.78, 5) is 11.1. The number of hydrogen-bond acceptors (Lipinski definition) is 2. The van der Waals surface area contributed by atoms with Gasteiger partial charge in [0.1, 0.15) is 0 Å². The van der Waals surface area contributed by atoms with E-state index in [-0.39, 0.29) is 11.4 Å². The summed E-state index contributed by atoms with van der Waals surface area (Å²) in [5.41, 5.74) is 0.185. The summed E-state index contributed by atoms with van der Waals surface area (Å²) in [7, 11) is 2.02. The lowest BCUT2D eigenvalue weighted by molar-refractivity contribution is -0.120. The van der Waals surface area contributed by atoms with Gasteiger partial charge >= 0.3 is 0 Å². The highest BCUT2D eigenvalue weighted by Crippen LogP contribution is 2.35. The van der Waals surface area contributed by atoms with Crippen LogP contribution in [0.15, 0.2) is 0 Å². The van der Waals surface area contributed by atoms with Gasteiger partial charge in [0, 0.05) is 18.0 Å². The second-order valence-corrected chi connectivity index (χ2v) is 4.39. The van der Waals surface area contributed by atoms with E-state index in [0.29, 0.717) is 6.04 Å². The molecule has 2 fully saturated rings. The molecule has 0 aromatic heterocycles. The van der Waals surface area contributed by atoms with E-state index in [1.54, 1.807) is 0 Å². The Labute approximate surface area is 79.3 Å². The molecule has 1 amide bonds. The van der Waals surface area contributed by atoms with E-state index in [9.17, 15) is 4.79 Å². The van der Waals surface area contributed by atoms with Crippen LogP contribution in [0.5, 0.6) is 0 Å². The Hall–Kier alpha value is -0.570. The van der Waals surface area contributed by atoms with Crippen molar-refractivity contribution in [3.8, 4) is 0 Å². The summed E-state index contributed by atoms with van der Waals surface area (Å²) in [6.45, 7) is 0. The number of amides is 1. The standard InChI is InChI=1S/C10H18N2O/c1-11-8-2-5-10(6-3-8)7-4-9(13)12-10/h8,11H,2-7H2,1H3,(H,12,13). The first-order valence-corrected chi connectivity index (χ1v) is 5.22. The van der Waals surface area contributed by atoms with Crippen molar-refractivity contribution < 1.29 is 4.79 Å². The first-order valence-electron chi connectivity index (χ1n) is 5.22. The Bertz CT molecular complexity index is 207. The highest BCUT2D eigenvalue weighted by molar-refractivity contribution is 5.79. The minimum Gasteiger partial charge on any atom is -0.351 e. The van der Waals surface area contributed by atoms with Gasteiger partial charge in [-0.15, -0.1) is 0 Å². The van der Waals surface area contributed by atoms with Crippen molar-refractivity contribution >= 4 is 5.91 Å². The third-order valence-corrected chi connectivity index (χ3v) is 3.59. The van der Waals surface area contributed by atoms with Crippen LogP contribution >= 0.6 is 0 Å². The molecule has 2 N–H and O–H groups in total. The summed E-state index contributed by atoms with van der Waals surface area (Å²) in [5.74, 6) is 0.253. The first kappa shape index (κ1) is 9.00. The van der Waals surface area contributed by atoms with E-state index in [1.165, 1.54) is 12.8 Å². The average Bonchev–Trinajstić information content (AvgIpc) is 2.49. The quantitative estimate of drug-likeness (QED) is 0.629. The summed E-state index contributed by atoms with van der Waals surface area (Å²) < 4.78 is 0. The van der Waals surface area contributed by atoms with Crippen LogP contribution in [0.1, 0.15) is 38.5 Å². The van der Waals surface area contributed by atoms with Crippen molar-refractivity contribution in [1.82, 2.24) is 10.6 Å². The minimum atomic E-state index is 0.185. The van der Waals surface area contributed by atoms with Crippen molar-refractivity contribution in [2.75, 3.05) is 7.05 Å². The van der Waals surface area contributed by atoms with E-state index < -0.39 is 0 Å². The molecule has 3 heteroatoms. The monoisotopic (exact) mass is 182 g/mol. The van der Waals surface area contributed by atoms with Gasteiger partial charge in [0.05, 0.1) is 0 Å². The molecule has 1 aliphatic carbocycles. The van der Waals surface area contributed by atoms with Gasteiger partial charge < -0.3 is 10.6 Å². The summed E-state index contributed by atoms with van der Waals surface area (Å²) in [6, 6.07) is 0.670. The van der Waals surface area contributed by atoms with Gasteiger partial charge in [-0.3, -0.25) is 4.79 Å². The van der Waals surface area contributed by atoms with Crippen molar-refractivity contribution in [2.45, 2.75) is 50.1 Å². The minimum absolute atomic E-state index is 0.185. The smallest absolute Gasteiger partial charge is 0.220 e. The van der Waals surface area contributed by atoms with Gasteiger partial charge in [-0.05, 0) is 39.2 Å². The lowest BCUT2D eigenvalue weighted by atomic mass is 9.78. The Balaban J connectivity index is 1.93. The zero-order valence-electron chi connectivity index (χ0n) is 8.23. The second kappa shape index (κ2) is 3.29. The number of hydrogen-bond donors (Lipinski definition) is 2. The molecular formula is C10H18N2O. The number of carbonyl (C=O) groups excluding carboxylic acids is 1. The Kier molecular flexibility index (Phi) is 2.28. The largest absolute Gasteiger partial charge is 0.351 e. The molecule has 0 bridgehead atoms. The molecule has 1 aliphatic heterocycles. The molecular weight excluding hydrogens is 164 g/mol. The van der Waals surface area contributed by atoms with Crippen LogP contribution in [0.3, 0.4) is 0 Å². The molecule has 3 nitrogen and oxygen atoms in total. The van der Waals surface area contributed by atoms with Crippen molar-refractivity contribution in [1.29, 1.82) is 0 Å². The normalized spacial score (nSPS) is 39.5.